The fraction of sp³-hybridized carbons (Fsp3) is 0.750. The number of hydrogen-bond acceptors (Lipinski definition) is 3. The molecule has 0 N–H and O–H groups in total. The number of carbonyl (C=O) groups excluding carboxylic acids is 1. The lowest BCUT2D eigenvalue weighted by Gasteiger charge is -2.45. The average molecular weight is 212 g/mol. The van der Waals surface area contributed by atoms with Gasteiger partial charge in [-0.3, -0.25) is 0 Å². The second-order valence-corrected chi connectivity index (χ2v) is 4.24. The first-order chi connectivity index (χ1) is 7.14. The molecule has 1 aliphatic rings. The summed E-state index contributed by atoms with van der Waals surface area (Å²) >= 11 is 0. The second kappa shape index (κ2) is 5.31. The predicted octanol–water partition coefficient (Wildman–Crippen LogP) is 2.31. The van der Waals surface area contributed by atoms with Gasteiger partial charge in [-0.05, 0) is 13.3 Å². The summed E-state index contributed by atoms with van der Waals surface area (Å²) in [6.45, 7) is 8.91. The molecule has 1 fully saturated rings. The Balaban J connectivity index is 2.49. The van der Waals surface area contributed by atoms with Gasteiger partial charge in [-0.25, -0.2) is 4.79 Å². The van der Waals surface area contributed by atoms with Gasteiger partial charge in [0.2, 0.25) is 0 Å². The van der Waals surface area contributed by atoms with E-state index in [1.165, 1.54) is 6.08 Å². The fourth-order valence-corrected chi connectivity index (χ4v) is 1.82. The van der Waals surface area contributed by atoms with Crippen molar-refractivity contribution in [3.63, 3.8) is 0 Å². The molecule has 1 atom stereocenters. The smallest absolute Gasteiger partial charge is 0.330 e. The van der Waals surface area contributed by atoms with E-state index in [0.29, 0.717) is 13.2 Å². The summed E-state index contributed by atoms with van der Waals surface area (Å²) in [5, 5.41) is 0. The summed E-state index contributed by atoms with van der Waals surface area (Å²) in [4.78, 5) is 11.1. The van der Waals surface area contributed by atoms with E-state index in [0.717, 1.165) is 19.3 Å². The molecule has 0 aromatic heterocycles. The van der Waals surface area contributed by atoms with Crippen LogP contribution < -0.4 is 0 Å². The van der Waals surface area contributed by atoms with E-state index in [1.54, 1.807) is 0 Å². The first-order valence-electron chi connectivity index (χ1n) is 5.55. The van der Waals surface area contributed by atoms with Crippen molar-refractivity contribution in [1.82, 2.24) is 0 Å². The van der Waals surface area contributed by atoms with Crippen LogP contribution in [0.5, 0.6) is 0 Å². The first kappa shape index (κ1) is 12.2. The van der Waals surface area contributed by atoms with E-state index in [9.17, 15) is 4.79 Å². The van der Waals surface area contributed by atoms with E-state index < -0.39 is 0 Å². The molecule has 0 spiro atoms. The highest BCUT2D eigenvalue weighted by Gasteiger charge is 2.44. The van der Waals surface area contributed by atoms with Crippen LogP contribution in [-0.2, 0) is 14.3 Å². The van der Waals surface area contributed by atoms with E-state index in [4.69, 9.17) is 9.47 Å². The highest BCUT2D eigenvalue weighted by Crippen LogP contribution is 2.38. The molecule has 0 amide bonds. The lowest BCUT2D eigenvalue weighted by molar-refractivity contribution is -0.191. The summed E-state index contributed by atoms with van der Waals surface area (Å²) in [5.41, 5.74) is 0.0503. The summed E-state index contributed by atoms with van der Waals surface area (Å²) < 4.78 is 10.5. The maximum Gasteiger partial charge on any atom is 0.330 e. The number of hydrogen-bond donors (Lipinski definition) is 0. The quantitative estimate of drug-likeness (QED) is 0.500. The van der Waals surface area contributed by atoms with Gasteiger partial charge in [-0.1, -0.05) is 26.3 Å². The molecular formula is C12H20O3. The minimum absolute atomic E-state index is 0.0503. The van der Waals surface area contributed by atoms with Crippen molar-refractivity contribution in [2.45, 2.75) is 39.2 Å². The Morgan fingerprint density at radius 3 is 2.73 bits per heavy atom. The number of rotatable bonds is 6. The van der Waals surface area contributed by atoms with Crippen molar-refractivity contribution >= 4 is 5.97 Å². The molecule has 1 unspecified atom stereocenters. The molecule has 0 bridgehead atoms. The van der Waals surface area contributed by atoms with Crippen LogP contribution in [0.2, 0.25) is 0 Å². The predicted molar refractivity (Wildman–Crippen MR) is 58.5 cm³/mol. The third kappa shape index (κ3) is 2.81. The van der Waals surface area contributed by atoms with Crippen LogP contribution in [0.3, 0.4) is 0 Å². The van der Waals surface area contributed by atoms with Gasteiger partial charge in [-0.15, -0.1) is 0 Å². The van der Waals surface area contributed by atoms with Gasteiger partial charge in [0.1, 0.15) is 6.10 Å². The summed E-state index contributed by atoms with van der Waals surface area (Å²) in [6.07, 6.45) is 4.50. The minimum Gasteiger partial charge on any atom is -0.459 e. The van der Waals surface area contributed by atoms with Crippen molar-refractivity contribution in [3.05, 3.63) is 12.7 Å². The maximum atomic E-state index is 11.1. The third-order valence-corrected chi connectivity index (χ3v) is 3.13. The second-order valence-electron chi connectivity index (χ2n) is 4.24. The van der Waals surface area contributed by atoms with E-state index >= 15 is 0 Å². The lowest BCUT2D eigenvalue weighted by atomic mass is 9.76. The summed E-state index contributed by atoms with van der Waals surface area (Å²) in [7, 11) is 0. The van der Waals surface area contributed by atoms with Crippen LogP contribution in [0.4, 0.5) is 0 Å². The van der Waals surface area contributed by atoms with Gasteiger partial charge < -0.3 is 9.47 Å². The Labute approximate surface area is 91.4 Å². The molecule has 1 heterocycles. The monoisotopic (exact) mass is 212 g/mol. The number of esters is 1. The molecular weight excluding hydrogens is 192 g/mol. The number of unbranched alkanes of at least 4 members (excludes halogenated alkanes) is 1. The molecule has 0 aliphatic carbocycles. The molecule has 1 saturated heterocycles. The van der Waals surface area contributed by atoms with E-state index in [-0.39, 0.29) is 17.5 Å². The van der Waals surface area contributed by atoms with Gasteiger partial charge in [0.25, 0.3) is 0 Å². The van der Waals surface area contributed by atoms with Crippen molar-refractivity contribution < 1.29 is 14.3 Å². The molecule has 0 saturated carbocycles. The molecule has 0 aromatic carbocycles. The molecule has 3 heteroatoms. The first-order valence-corrected chi connectivity index (χ1v) is 5.55. The normalized spacial score (nSPS) is 20.1. The highest BCUT2D eigenvalue weighted by atomic mass is 16.6. The topological polar surface area (TPSA) is 35.5 Å². The molecule has 1 aliphatic heterocycles. The molecule has 0 aromatic rings. The number of carbonyl (C=O) groups is 1. The summed E-state index contributed by atoms with van der Waals surface area (Å²) in [5.74, 6) is -0.342. The van der Waals surface area contributed by atoms with Crippen LogP contribution in [0.1, 0.15) is 33.1 Å². The maximum absolute atomic E-state index is 11.1. The minimum atomic E-state index is -0.342. The highest BCUT2D eigenvalue weighted by molar-refractivity contribution is 5.81. The van der Waals surface area contributed by atoms with Gasteiger partial charge >= 0.3 is 5.97 Å². The largest absolute Gasteiger partial charge is 0.459 e. The molecule has 86 valence electrons. The van der Waals surface area contributed by atoms with Crippen molar-refractivity contribution in [1.29, 1.82) is 0 Å². The van der Waals surface area contributed by atoms with Crippen LogP contribution in [0.25, 0.3) is 0 Å². The Kier molecular flexibility index (Phi) is 4.33. The van der Waals surface area contributed by atoms with Crippen molar-refractivity contribution in [2.24, 2.45) is 5.41 Å². The summed E-state index contributed by atoms with van der Waals surface area (Å²) in [6, 6.07) is 0. The Bertz CT molecular complexity index is 231. The molecule has 0 radical (unpaired) electrons. The molecule has 15 heavy (non-hydrogen) atoms. The van der Waals surface area contributed by atoms with Crippen molar-refractivity contribution in [3.8, 4) is 0 Å². The van der Waals surface area contributed by atoms with E-state index in [1.807, 2.05) is 6.92 Å². The zero-order valence-electron chi connectivity index (χ0n) is 9.62. The van der Waals surface area contributed by atoms with Gasteiger partial charge in [0.05, 0.1) is 18.6 Å². The number of ether oxygens (including phenoxy) is 2. The average Bonchev–Trinajstić information content (AvgIpc) is 2.16. The van der Waals surface area contributed by atoms with Crippen LogP contribution in [0, 0.1) is 5.41 Å². The molecule has 1 rings (SSSR count). The Morgan fingerprint density at radius 2 is 2.33 bits per heavy atom. The Hall–Kier alpha value is -0.830. The van der Waals surface area contributed by atoms with Gasteiger partial charge in [0.15, 0.2) is 0 Å². The van der Waals surface area contributed by atoms with Crippen LogP contribution >= 0.6 is 0 Å². The zero-order chi connectivity index (χ0) is 11.3. The van der Waals surface area contributed by atoms with Crippen LogP contribution in [0.15, 0.2) is 12.7 Å². The zero-order valence-corrected chi connectivity index (χ0v) is 9.62. The van der Waals surface area contributed by atoms with Crippen LogP contribution in [-0.4, -0.2) is 25.3 Å². The SMILES string of the molecule is C=CC(=O)OC(C)C1(CCCC)COC1. The Morgan fingerprint density at radius 1 is 1.67 bits per heavy atom. The van der Waals surface area contributed by atoms with Gasteiger partial charge in [-0.2, -0.15) is 0 Å². The van der Waals surface area contributed by atoms with Crippen molar-refractivity contribution in [2.75, 3.05) is 13.2 Å². The third-order valence-electron chi connectivity index (χ3n) is 3.13. The molecule has 3 nitrogen and oxygen atoms in total. The lowest BCUT2D eigenvalue weighted by Crippen LogP contribution is -2.51. The standard InChI is InChI=1S/C12H20O3/c1-4-6-7-12(8-14-9-12)10(3)15-11(13)5-2/h5,10H,2,4,6-9H2,1,3H3. The fourth-order valence-electron chi connectivity index (χ4n) is 1.82. The van der Waals surface area contributed by atoms with E-state index in [2.05, 4.69) is 13.5 Å². The van der Waals surface area contributed by atoms with Gasteiger partial charge in [0, 0.05) is 6.08 Å².